The highest BCUT2D eigenvalue weighted by molar-refractivity contribution is 5.76. The van der Waals surface area contributed by atoms with Crippen LogP contribution in [0.3, 0.4) is 0 Å². The zero-order valence-corrected chi connectivity index (χ0v) is 11.5. The molecule has 108 valence electrons. The third-order valence-electron chi connectivity index (χ3n) is 3.21. The summed E-state index contributed by atoms with van der Waals surface area (Å²) in [5.41, 5.74) is 0. The zero-order valence-electron chi connectivity index (χ0n) is 11.5. The summed E-state index contributed by atoms with van der Waals surface area (Å²) in [4.78, 5) is 38.6. The van der Waals surface area contributed by atoms with Crippen LogP contribution in [0.15, 0.2) is 0 Å². The predicted molar refractivity (Wildman–Crippen MR) is 68.7 cm³/mol. The number of carbonyl (C=O) groups excluding carboxylic acids is 2. The lowest BCUT2D eigenvalue weighted by Crippen LogP contribution is -2.53. The van der Waals surface area contributed by atoms with Gasteiger partial charge in [-0.2, -0.15) is 0 Å². The first kappa shape index (κ1) is 15.3. The van der Waals surface area contributed by atoms with Crippen LogP contribution in [-0.2, 0) is 9.59 Å². The van der Waals surface area contributed by atoms with E-state index < -0.39 is 5.97 Å². The Hall–Kier alpha value is -1.79. The number of aliphatic carboxylic acids is 1. The average molecular weight is 271 g/mol. The summed E-state index contributed by atoms with van der Waals surface area (Å²) < 4.78 is 0. The Morgan fingerprint density at radius 1 is 1.11 bits per heavy atom. The molecule has 1 fully saturated rings. The fourth-order valence-electron chi connectivity index (χ4n) is 2.02. The van der Waals surface area contributed by atoms with Crippen LogP contribution in [0.5, 0.6) is 0 Å². The van der Waals surface area contributed by atoms with Gasteiger partial charge in [0.2, 0.25) is 5.91 Å². The van der Waals surface area contributed by atoms with Crippen molar-refractivity contribution in [3.05, 3.63) is 0 Å². The first-order valence-electron chi connectivity index (χ1n) is 6.39. The van der Waals surface area contributed by atoms with Gasteiger partial charge in [0.1, 0.15) is 0 Å². The lowest BCUT2D eigenvalue weighted by atomic mass is 10.3. The highest BCUT2D eigenvalue weighted by Gasteiger charge is 2.24. The van der Waals surface area contributed by atoms with Crippen molar-refractivity contribution >= 4 is 17.9 Å². The monoisotopic (exact) mass is 271 g/mol. The number of carboxylic acid groups (broad SMARTS) is 1. The molecule has 7 heteroatoms. The summed E-state index contributed by atoms with van der Waals surface area (Å²) in [7, 11) is 1.67. The molecule has 0 aromatic heterocycles. The smallest absolute Gasteiger partial charge is 0.319 e. The van der Waals surface area contributed by atoms with Gasteiger partial charge in [0.25, 0.3) is 0 Å². The van der Waals surface area contributed by atoms with E-state index >= 15 is 0 Å². The molecular weight excluding hydrogens is 250 g/mol. The number of carbonyl (C=O) groups is 3. The van der Waals surface area contributed by atoms with Gasteiger partial charge in [0.05, 0.1) is 0 Å². The van der Waals surface area contributed by atoms with Gasteiger partial charge in [-0.05, 0) is 6.42 Å². The molecule has 1 heterocycles. The summed E-state index contributed by atoms with van der Waals surface area (Å²) in [6.07, 6.45) is 0.515. The van der Waals surface area contributed by atoms with E-state index in [2.05, 4.69) is 0 Å². The van der Waals surface area contributed by atoms with Gasteiger partial charge in [-0.15, -0.1) is 0 Å². The number of carboxylic acids is 1. The lowest BCUT2D eigenvalue weighted by Gasteiger charge is -2.36. The summed E-state index contributed by atoms with van der Waals surface area (Å²) >= 11 is 0. The van der Waals surface area contributed by atoms with Crippen molar-refractivity contribution in [1.29, 1.82) is 0 Å². The fraction of sp³-hybridized carbons (Fsp3) is 0.750. The summed E-state index contributed by atoms with van der Waals surface area (Å²) in [5, 5.41) is 8.54. The van der Waals surface area contributed by atoms with Crippen molar-refractivity contribution in [2.24, 2.45) is 0 Å². The number of hydrogen-bond donors (Lipinski definition) is 1. The average Bonchev–Trinajstić information content (AvgIpc) is 2.37. The molecule has 1 aliphatic heterocycles. The van der Waals surface area contributed by atoms with Crippen LogP contribution in [0.2, 0.25) is 0 Å². The Morgan fingerprint density at radius 2 is 1.63 bits per heavy atom. The molecule has 3 amide bonds. The van der Waals surface area contributed by atoms with Gasteiger partial charge >= 0.3 is 12.0 Å². The van der Waals surface area contributed by atoms with E-state index in [4.69, 9.17) is 5.11 Å². The van der Waals surface area contributed by atoms with Gasteiger partial charge in [0.15, 0.2) is 0 Å². The second-order valence-corrected chi connectivity index (χ2v) is 4.69. The van der Waals surface area contributed by atoms with Crippen LogP contribution in [0, 0.1) is 0 Å². The van der Waals surface area contributed by atoms with Crippen molar-refractivity contribution < 1.29 is 19.5 Å². The molecular formula is C12H21N3O4. The Balaban J connectivity index is 2.33. The molecule has 1 rings (SSSR count). The predicted octanol–water partition coefficient (Wildman–Crippen LogP) is 0.0671. The molecule has 0 radical (unpaired) electrons. The Bertz CT molecular complexity index is 351. The maximum absolute atomic E-state index is 12.1. The minimum Gasteiger partial charge on any atom is -0.481 e. The second-order valence-electron chi connectivity index (χ2n) is 4.69. The minimum atomic E-state index is -0.851. The maximum atomic E-state index is 12.1. The Kier molecular flexibility index (Phi) is 5.59. The van der Waals surface area contributed by atoms with Crippen LogP contribution in [-0.4, -0.2) is 77.5 Å². The van der Waals surface area contributed by atoms with Crippen LogP contribution >= 0.6 is 0 Å². The van der Waals surface area contributed by atoms with Crippen LogP contribution < -0.4 is 0 Å². The molecule has 0 aromatic carbocycles. The first-order valence-corrected chi connectivity index (χ1v) is 6.39. The molecule has 1 saturated heterocycles. The van der Waals surface area contributed by atoms with Crippen molar-refractivity contribution in [2.75, 3.05) is 39.8 Å². The minimum absolute atomic E-state index is 0.0295. The molecule has 0 aliphatic carbocycles. The number of hydrogen-bond acceptors (Lipinski definition) is 3. The number of amides is 3. The summed E-state index contributed by atoms with van der Waals surface area (Å²) in [6.45, 7) is 4.13. The topological polar surface area (TPSA) is 81.2 Å². The van der Waals surface area contributed by atoms with Gasteiger partial charge in [-0.1, -0.05) is 0 Å². The van der Waals surface area contributed by atoms with E-state index in [9.17, 15) is 14.4 Å². The molecule has 19 heavy (non-hydrogen) atoms. The molecule has 0 aromatic rings. The number of rotatable bonds is 4. The largest absolute Gasteiger partial charge is 0.481 e. The fourth-order valence-corrected chi connectivity index (χ4v) is 2.02. The Labute approximate surface area is 112 Å². The highest BCUT2D eigenvalue weighted by Crippen LogP contribution is 2.06. The van der Waals surface area contributed by atoms with E-state index in [0.29, 0.717) is 39.1 Å². The molecule has 1 aliphatic rings. The number of urea groups is 1. The quantitative estimate of drug-likeness (QED) is 0.784. The van der Waals surface area contributed by atoms with E-state index in [-0.39, 0.29) is 18.4 Å². The normalized spacial score (nSPS) is 15.3. The van der Waals surface area contributed by atoms with Crippen molar-refractivity contribution in [2.45, 2.75) is 19.8 Å². The van der Waals surface area contributed by atoms with Gasteiger partial charge in [-0.25, -0.2) is 4.79 Å². The number of nitrogens with zero attached hydrogens (tertiary/aromatic N) is 3. The lowest BCUT2D eigenvalue weighted by molar-refractivity contribution is -0.137. The van der Waals surface area contributed by atoms with Crippen LogP contribution in [0.25, 0.3) is 0 Å². The molecule has 0 saturated carbocycles. The van der Waals surface area contributed by atoms with Gasteiger partial charge in [0, 0.05) is 53.1 Å². The highest BCUT2D eigenvalue weighted by atomic mass is 16.4. The SMILES string of the molecule is CC(=O)N1CCN(C(=O)N(C)CCCC(=O)O)CC1. The first-order chi connectivity index (χ1) is 8.91. The maximum Gasteiger partial charge on any atom is 0.319 e. The summed E-state index contributed by atoms with van der Waals surface area (Å²) in [6, 6.07) is -0.103. The second kappa shape index (κ2) is 6.96. The third kappa shape index (κ3) is 4.76. The van der Waals surface area contributed by atoms with Gasteiger partial charge < -0.3 is 19.8 Å². The molecule has 0 bridgehead atoms. The van der Waals surface area contributed by atoms with E-state index in [0.717, 1.165) is 0 Å². The van der Waals surface area contributed by atoms with Gasteiger partial charge in [-0.3, -0.25) is 9.59 Å². The molecule has 0 atom stereocenters. The third-order valence-corrected chi connectivity index (χ3v) is 3.21. The van der Waals surface area contributed by atoms with Crippen molar-refractivity contribution in [3.63, 3.8) is 0 Å². The molecule has 0 spiro atoms. The van der Waals surface area contributed by atoms with Crippen molar-refractivity contribution in [1.82, 2.24) is 14.7 Å². The standard InChI is InChI=1S/C12H21N3O4/c1-10(16)14-6-8-15(9-7-14)12(19)13(2)5-3-4-11(17)18/h3-9H2,1-2H3,(H,17,18). The van der Waals surface area contributed by atoms with Crippen LogP contribution in [0.1, 0.15) is 19.8 Å². The molecule has 0 unspecified atom stereocenters. The van der Waals surface area contributed by atoms with Crippen molar-refractivity contribution in [3.8, 4) is 0 Å². The zero-order chi connectivity index (χ0) is 14.4. The molecule has 7 nitrogen and oxygen atoms in total. The molecule has 1 N–H and O–H groups in total. The van der Waals surface area contributed by atoms with E-state index in [1.165, 1.54) is 11.8 Å². The number of piperazine rings is 1. The summed E-state index contributed by atoms with van der Waals surface area (Å²) in [5.74, 6) is -0.821. The van der Waals surface area contributed by atoms with Crippen LogP contribution in [0.4, 0.5) is 4.79 Å². The Morgan fingerprint density at radius 3 is 2.11 bits per heavy atom. The van der Waals surface area contributed by atoms with E-state index in [1.807, 2.05) is 0 Å². The van der Waals surface area contributed by atoms with E-state index in [1.54, 1.807) is 16.8 Å².